The molecule has 5 nitrogen and oxygen atoms in total. The highest BCUT2D eigenvalue weighted by atomic mass is 35.5. The average Bonchev–Trinajstić information content (AvgIpc) is 2.17. The minimum Gasteiger partial charge on any atom is -0.493 e. The minimum atomic E-state index is -0.701. The average molecular weight is 230 g/mol. The standard InChI is InChI=1S/C9H8ClNO4/c1-2-15-8-5-6(11(13)14)3-4-7(8)9(10)12/h3-5H,2H2,1H3. The van der Waals surface area contributed by atoms with Crippen LogP contribution in [0.25, 0.3) is 0 Å². The minimum absolute atomic E-state index is 0.129. The van der Waals surface area contributed by atoms with Gasteiger partial charge in [-0.15, -0.1) is 0 Å². The second kappa shape index (κ2) is 4.75. The second-order valence-corrected chi connectivity index (χ2v) is 2.99. The molecule has 0 unspecified atom stereocenters. The van der Waals surface area contributed by atoms with E-state index in [9.17, 15) is 14.9 Å². The summed E-state index contributed by atoms with van der Waals surface area (Å²) in [7, 11) is 0. The topological polar surface area (TPSA) is 69.4 Å². The quantitative estimate of drug-likeness (QED) is 0.452. The van der Waals surface area contributed by atoms with E-state index in [-0.39, 0.29) is 17.0 Å². The van der Waals surface area contributed by atoms with Crippen molar-refractivity contribution >= 4 is 22.5 Å². The number of benzene rings is 1. The zero-order valence-electron chi connectivity index (χ0n) is 7.90. The SMILES string of the molecule is CCOc1cc([N+](=O)[O-])ccc1C(=O)Cl. The molecule has 0 aliphatic rings. The van der Waals surface area contributed by atoms with Crippen molar-refractivity contribution in [1.82, 2.24) is 0 Å². The summed E-state index contributed by atoms with van der Waals surface area (Å²) in [6.07, 6.45) is 0. The fraction of sp³-hybridized carbons (Fsp3) is 0.222. The number of nitro benzene ring substituents is 1. The molecule has 1 rings (SSSR count). The summed E-state index contributed by atoms with van der Waals surface area (Å²) >= 11 is 5.29. The van der Waals surface area contributed by atoms with Gasteiger partial charge in [-0.3, -0.25) is 14.9 Å². The summed E-state index contributed by atoms with van der Waals surface area (Å²) in [5, 5.41) is 9.77. The molecule has 1 aromatic carbocycles. The Bertz CT molecular complexity index is 405. The molecular weight excluding hydrogens is 222 g/mol. The zero-order chi connectivity index (χ0) is 11.4. The highest BCUT2D eigenvalue weighted by Gasteiger charge is 2.15. The van der Waals surface area contributed by atoms with Crippen LogP contribution in [0.1, 0.15) is 17.3 Å². The maximum atomic E-state index is 10.9. The third-order valence-corrected chi connectivity index (χ3v) is 1.89. The normalized spacial score (nSPS) is 9.73. The summed E-state index contributed by atoms with van der Waals surface area (Å²) in [5.41, 5.74) is -0.00997. The Morgan fingerprint density at radius 2 is 2.27 bits per heavy atom. The van der Waals surface area contributed by atoms with Crippen LogP contribution in [0.3, 0.4) is 0 Å². The first-order valence-corrected chi connectivity index (χ1v) is 4.55. The van der Waals surface area contributed by atoms with Gasteiger partial charge in [-0.25, -0.2) is 0 Å². The van der Waals surface area contributed by atoms with Crippen molar-refractivity contribution in [3.8, 4) is 5.75 Å². The van der Waals surface area contributed by atoms with Gasteiger partial charge in [0.25, 0.3) is 10.9 Å². The number of carbonyl (C=O) groups excluding carboxylic acids is 1. The maximum absolute atomic E-state index is 10.9. The first-order chi connectivity index (χ1) is 7.06. The van der Waals surface area contributed by atoms with Crippen LogP contribution in [0.4, 0.5) is 5.69 Å². The number of nitrogens with zero attached hydrogens (tertiary/aromatic N) is 1. The van der Waals surface area contributed by atoms with Gasteiger partial charge in [0.1, 0.15) is 5.75 Å². The summed E-state index contributed by atoms with van der Waals surface area (Å²) in [6, 6.07) is 3.66. The maximum Gasteiger partial charge on any atom is 0.273 e. The van der Waals surface area contributed by atoms with Gasteiger partial charge in [-0.2, -0.15) is 0 Å². The van der Waals surface area contributed by atoms with E-state index in [0.29, 0.717) is 6.61 Å². The lowest BCUT2D eigenvalue weighted by Crippen LogP contribution is -2.00. The lowest BCUT2D eigenvalue weighted by atomic mass is 10.2. The van der Waals surface area contributed by atoms with E-state index < -0.39 is 10.2 Å². The molecule has 0 bridgehead atoms. The van der Waals surface area contributed by atoms with Gasteiger partial charge in [0.2, 0.25) is 0 Å². The molecule has 0 aliphatic carbocycles. The Morgan fingerprint density at radius 3 is 2.73 bits per heavy atom. The van der Waals surface area contributed by atoms with Gasteiger partial charge >= 0.3 is 0 Å². The van der Waals surface area contributed by atoms with Gasteiger partial charge < -0.3 is 4.74 Å². The van der Waals surface area contributed by atoms with Crippen LogP contribution in [0.2, 0.25) is 0 Å². The second-order valence-electron chi connectivity index (χ2n) is 2.64. The van der Waals surface area contributed by atoms with Crippen molar-refractivity contribution in [2.45, 2.75) is 6.92 Å². The Hall–Kier alpha value is -1.62. The molecule has 0 aromatic heterocycles. The molecule has 0 atom stereocenters. The molecule has 0 spiro atoms. The first-order valence-electron chi connectivity index (χ1n) is 4.17. The third-order valence-electron chi connectivity index (χ3n) is 1.69. The van der Waals surface area contributed by atoms with Crippen LogP contribution < -0.4 is 4.74 Å². The van der Waals surface area contributed by atoms with Crippen molar-refractivity contribution in [2.24, 2.45) is 0 Å². The number of carbonyl (C=O) groups is 1. The molecule has 0 N–H and O–H groups in total. The van der Waals surface area contributed by atoms with E-state index in [1.165, 1.54) is 18.2 Å². The fourth-order valence-electron chi connectivity index (χ4n) is 1.06. The van der Waals surface area contributed by atoms with Crippen LogP contribution >= 0.6 is 11.6 Å². The van der Waals surface area contributed by atoms with Gasteiger partial charge in [-0.05, 0) is 24.6 Å². The fourth-order valence-corrected chi connectivity index (χ4v) is 1.22. The molecule has 1 aromatic rings. The highest BCUT2D eigenvalue weighted by molar-refractivity contribution is 6.68. The Labute approximate surface area is 90.8 Å². The van der Waals surface area contributed by atoms with E-state index in [1.54, 1.807) is 6.92 Å². The van der Waals surface area contributed by atoms with Crippen LogP contribution in [0.5, 0.6) is 5.75 Å². The largest absolute Gasteiger partial charge is 0.493 e. The number of halogens is 1. The number of ether oxygens (including phenoxy) is 1. The monoisotopic (exact) mass is 229 g/mol. The molecule has 0 saturated heterocycles. The van der Waals surface area contributed by atoms with Crippen LogP contribution in [0, 0.1) is 10.1 Å². The van der Waals surface area contributed by atoms with E-state index >= 15 is 0 Å². The lowest BCUT2D eigenvalue weighted by Gasteiger charge is -2.06. The van der Waals surface area contributed by atoms with Crippen molar-refractivity contribution in [2.75, 3.05) is 6.61 Å². The predicted octanol–water partition coefficient (Wildman–Crippen LogP) is 2.37. The molecule has 0 fully saturated rings. The molecule has 80 valence electrons. The van der Waals surface area contributed by atoms with Crippen molar-refractivity contribution in [3.05, 3.63) is 33.9 Å². The molecule has 6 heteroatoms. The predicted molar refractivity (Wildman–Crippen MR) is 54.4 cm³/mol. The van der Waals surface area contributed by atoms with E-state index in [4.69, 9.17) is 16.3 Å². The lowest BCUT2D eigenvalue weighted by molar-refractivity contribution is -0.384. The summed E-state index contributed by atoms with van der Waals surface area (Å²) in [5.74, 6) is 0.131. The number of hydrogen-bond donors (Lipinski definition) is 0. The van der Waals surface area contributed by atoms with Crippen LogP contribution in [0.15, 0.2) is 18.2 Å². The molecule has 0 amide bonds. The Balaban J connectivity index is 3.20. The van der Waals surface area contributed by atoms with Crippen molar-refractivity contribution in [1.29, 1.82) is 0 Å². The number of rotatable bonds is 4. The van der Waals surface area contributed by atoms with E-state index in [2.05, 4.69) is 0 Å². The summed E-state index contributed by atoms with van der Waals surface area (Å²) in [6.45, 7) is 2.01. The zero-order valence-corrected chi connectivity index (χ0v) is 8.65. The van der Waals surface area contributed by atoms with Gasteiger partial charge in [0.15, 0.2) is 0 Å². The summed E-state index contributed by atoms with van der Waals surface area (Å²) in [4.78, 5) is 20.8. The number of nitro groups is 1. The molecule has 0 heterocycles. The van der Waals surface area contributed by atoms with Gasteiger partial charge in [0, 0.05) is 6.07 Å². The Morgan fingerprint density at radius 1 is 1.60 bits per heavy atom. The Kier molecular flexibility index (Phi) is 3.62. The van der Waals surface area contributed by atoms with E-state index in [0.717, 1.165) is 0 Å². The highest BCUT2D eigenvalue weighted by Crippen LogP contribution is 2.26. The van der Waals surface area contributed by atoms with Crippen LogP contribution in [-0.2, 0) is 0 Å². The van der Waals surface area contributed by atoms with E-state index in [1.807, 2.05) is 0 Å². The molecular formula is C9H8ClNO4. The van der Waals surface area contributed by atoms with Crippen molar-refractivity contribution < 1.29 is 14.5 Å². The van der Waals surface area contributed by atoms with Crippen LogP contribution in [-0.4, -0.2) is 16.8 Å². The molecule has 0 aliphatic heterocycles. The third kappa shape index (κ3) is 2.66. The summed E-state index contributed by atoms with van der Waals surface area (Å²) < 4.78 is 5.08. The van der Waals surface area contributed by atoms with Crippen molar-refractivity contribution in [3.63, 3.8) is 0 Å². The number of non-ortho nitro benzene ring substituents is 1. The van der Waals surface area contributed by atoms with Gasteiger partial charge in [0.05, 0.1) is 23.2 Å². The molecule has 0 radical (unpaired) electrons. The molecule has 15 heavy (non-hydrogen) atoms. The molecule has 0 saturated carbocycles. The van der Waals surface area contributed by atoms with Gasteiger partial charge in [-0.1, -0.05) is 0 Å². The smallest absolute Gasteiger partial charge is 0.273 e. The number of hydrogen-bond acceptors (Lipinski definition) is 4. The first kappa shape index (κ1) is 11.5.